The van der Waals surface area contributed by atoms with E-state index < -0.39 is 21.9 Å². The predicted octanol–water partition coefficient (Wildman–Crippen LogP) is 4.99. The molecule has 2 aromatic heterocycles. The average molecular weight is 549 g/mol. The van der Waals surface area contributed by atoms with E-state index in [1.54, 1.807) is 13.0 Å². The van der Waals surface area contributed by atoms with Crippen molar-refractivity contribution in [3.8, 4) is 27.8 Å². The maximum Gasteiger partial charge on any atom is 0.573 e. The van der Waals surface area contributed by atoms with Gasteiger partial charge < -0.3 is 14.9 Å². The molecule has 2 N–H and O–H groups in total. The minimum Gasteiger partial charge on any atom is -0.435 e. The number of sulfonamides is 1. The van der Waals surface area contributed by atoms with Gasteiger partial charge in [0, 0.05) is 12.6 Å². The molecule has 35 heavy (non-hydrogen) atoms. The highest BCUT2D eigenvalue weighted by atomic mass is 35.5. The van der Waals surface area contributed by atoms with Crippen LogP contribution in [0.2, 0.25) is 5.02 Å². The summed E-state index contributed by atoms with van der Waals surface area (Å²) < 4.78 is 73.2. The van der Waals surface area contributed by atoms with Gasteiger partial charge >= 0.3 is 6.36 Å². The minimum absolute atomic E-state index is 0.144. The third-order valence-corrected chi connectivity index (χ3v) is 9.07. The molecule has 0 amide bonds. The van der Waals surface area contributed by atoms with Gasteiger partial charge in [0.2, 0.25) is 21.9 Å². The van der Waals surface area contributed by atoms with Crippen LogP contribution in [0.4, 0.5) is 13.2 Å². The van der Waals surface area contributed by atoms with Crippen molar-refractivity contribution in [3.05, 3.63) is 45.9 Å². The van der Waals surface area contributed by atoms with Crippen LogP contribution in [0.3, 0.4) is 0 Å². The molecule has 4 rings (SSSR count). The third kappa shape index (κ3) is 4.98. The Balaban J connectivity index is 1.70. The van der Waals surface area contributed by atoms with E-state index in [1.165, 1.54) is 42.6 Å². The standard InChI is InChI=1S/C21H20ClF3N4O4S2/c1-4-14-16(11-5-7-12(8-6-11)33-21(23,24)25)32-18(27-14)15-9-13(22)17(34-15)20(2)10-35(30,31)29(3)19(26)28-20/h5-9H,4,10H2,1-3H3,(H2,26,28). The summed E-state index contributed by atoms with van der Waals surface area (Å²) in [6.07, 6.45) is -4.29. The molecule has 1 aliphatic heterocycles. The second kappa shape index (κ2) is 8.71. The summed E-state index contributed by atoms with van der Waals surface area (Å²) in [7, 11) is -2.36. The zero-order chi connectivity index (χ0) is 25.8. The number of nitrogens with two attached hydrogens (primary N) is 1. The molecule has 0 bridgehead atoms. The lowest BCUT2D eigenvalue weighted by Crippen LogP contribution is -2.50. The summed E-state index contributed by atoms with van der Waals surface area (Å²) in [5.74, 6) is -0.186. The predicted molar refractivity (Wildman–Crippen MR) is 127 cm³/mol. The largest absolute Gasteiger partial charge is 0.573 e. The van der Waals surface area contributed by atoms with Crippen molar-refractivity contribution >= 4 is 38.9 Å². The van der Waals surface area contributed by atoms with E-state index in [2.05, 4.69) is 14.7 Å². The van der Waals surface area contributed by atoms with Crippen LogP contribution in [0.1, 0.15) is 24.4 Å². The topological polar surface area (TPSA) is 111 Å². The number of guanidine groups is 1. The maximum absolute atomic E-state index is 12.5. The molecule has 14 heteroatoms. The second-order valence-corrected chi connectivity index (χ2v) is 11.4. The van der Waals surface area contributed by atoms with Gasteiger partial charge in [0.15, 0.2) is 5.76 Å². The molecular weight excluding hydrogens is 529 g/mol. The molecule has 0 saturated carbocycles. The lowest BCUT2D eigenvalue weighted by molar-refractivity contribution is -0.274. The quantitative estimate of drug-likeness (QED) is 0.481. The molecule has 8 nitrogen and oxygen atoms in total. The number of aryl methyl sites for hydroxylation is 1. The highest BCUT2D eigenvalue weighted by Crippen LogP contribution is 2.45. The molecule has 0 radical (unpaired) electrons. The van der Waals surface area contributed by atoms with E-state index in [4.69, 9.17) is 21.8 Å². The smallest absolute Gasteiger partial charge is 0.435 e. The summed E-state index contributed by atoms with van der Waals surface area (Å²) in [5, 5.41) is 0.287. The van der Waals surface area contributed by atoms with Crippen LogP contribution in [-0.2, 0) is 22.0 Å². The number of thiophene rings is 1. The first kappa shape index (κ1) is 25.3. The summed E-state index contributed by atoms with van der Waals surface area (Å²) in [5.41, 5.74) is 5.75. The number of rotatable bonds is 5. The van der Waals surface area contributed by atoms with Gasteiger partial charge in [0.1, 0.15) is 11.3 Å². The Bertz CT molecular complexity index is 1400. The van der Waals surface area contributed by atoms with E-state index in [0.29, 0.717) is 33.2 Å². The van der Waals surface area contributed by atoms with Crippen LogP contribution < -0.4 is 10.5 Å². The highest BCUT2D eigenvalue weighted by molar-refractivity contribution is 7.89. The molecular formula is C21H20ClF3N4O4S2. The first-order valence-electron chi connectivity index (χ1n) is 10.2. The molecule has 1 unspecified atom stereocenters. The number of alkyl halides is 3. The minimum atomic E-state index is -4.79. The Morgan fingerprint density at radius 3 is 2.54 bits per heavy atom. The number of nitrogens with zero attached hydrogens (tertiary/aromatic N) is 3. The van der Waals surface area contributed by atoms with E-state index in [9.17, 15) is 21.6 Å². The number of benzene rings is 1. The summed E-state index contributed by atoms with van der Waals surface area (Å²) >= 11 is 7.66. The monoisotopic (exact) mass is 548 g/mol. The van der Waals surface area contributed by atoms with Crippen molar-refractivity contribution in [3.63, 3.8) is 0 Å². The molecule has 0 aliphatic carbocycles. The first-order chi connectivity index (χ1) is 16.2. The SMILES string of the molecule is CCc1nc(-c2cc(Cl)c(C3(C)CS(=O)(=O)N(C)C(N)=N3)s2)oc1-c1ccc(OC(F)(F)F)cc1. The van der Waals surface area contributed by atoms with E-state index in [1.807, 2.05) is 6.92 Å². The number of hydrogen-bond acceptors (Lipinski definition) is 8. The van der Waals surface area contributed by atoms with Gasteiger partial charge in [-0.25, -0.2) is 22.7 Å². The number of oxazole rings is 1. The van der Waals surface area contributed by atoms with Gasteiger partial charge in [-0.15, -0.1) is 24.5 Å². The van der Waals surface area contributed by atoms with Crippen LogP contribution in [0, 0.1) is 0 Å². The van der Waals surface area contributed by atoms with Crippen LogP contribution in [0.5, 0.6) is 5.75 Å². The fourth-order valence-corrected chi connectivity index (χ4v) is 6.73. The normalized spacial score (nSPS) is 20.1. The molecule has 3 heterocycles. The van der Waals surface area contributed by atoms with Crippen LogP contribution in [0.15, 0.2) is 39.7 Å². The number of halogens is 4. The fraction of sp³-hybridized carbons (Fsp3) is 0.333. The van der Waals surface area contributed by atoms with Crippen LogP contribution in [0.25, 0.3) is 22.1 Å². The molecule has 0 saturated heterocycles. The Kier molecular flexibility index (Phi) is 6.31. The molecule has 3 aromatic rings. The Morgan fingerprint density at radius 2 is 1.97 bits per heavy atom. The molecule has 1 aromatic carbocycles. The van der Waals surface area contributed by atoms with Crippen molar-refractivity contribution in [2.24, 2.45) is 10.7 Å². The van der Waals surface area contributed by atoms with E-state index in [-0.39, 0.29) is 28.4 Å². The zero-order valence-electron chi connectivity index (χ0n) is 18.7. The van der Waals surface area contributed by atoms with Gasteiger partial charge in [-0.1, -0.05) is 18.5 Å². The molecule has 188 valence electrons. The Hall–Kier alpha value is -2.77. The number of ether oxygens (including phenoxy) is 1. The zero-order valence-corrected chi connectivity index (χ0v) is 21.1. The maximum atomic E-state index is 12.5. The van der Waals surface area contributed by atoms with Crippen LogP contribution >= 0.6 is 22.9 Å². The first-order valence-corrected chi connectivity index (χ1v) is 13.0. The summed E-state index contributed by atoms with van der Waals surface area (Å²) in [6, 6.07) is 6.88. The second-order valence-electron chi connectivity index (χ2n) is 7.98. The Morgan fingerprint density at radius 1 is 1.31 bits per heavy atom. The Labute approximate surface area is 208 Å². The summed E-state index contributed by atoms with van der Waals surface area (Å²) in [4.78, 5) is 9.92. The van der Waals surface area contributed by atoms with Gasteiger partial charge in [0.05, 0.1) is 26.2 Å². The molecule has 1 atom stereocenters. The van der Waals surface area contributed by atoms with Crippen LogP contribution in [-0.4, -0.2) is 42.8 Å². The lowest BCUT2D eigenvalue weighted by atomic mass is 10.0. The van der Waals surface area contributed by atoms with Crippen molar-refractivity contribution in [2.75, 3.05) is 12.8 Å². The van der Waals surface area contributed by atoms with Crippen molar-refractivity contribution < 1.29 is 30.7 Å². The molecule has 1 aliphatic rings. The highest BCUT2D eigenvalue weighted by Gasteiger charge is 2.42. The number of hydrogen-bond donors (Lipinski definition) is 1. The van der Waals surface area contributed by atoms with Gasteiger partial charge in [0.25, 0.3) is 0 Å². The molecule has 0 spiro atoms. The van der Waals surface area contributed by atoms with Gasteiger partial charge in [-0.2, -0.15) is 0 Å². The van der Waals surface area contributed by atoms with E-state index >= 15 is 0 Å². The average Bonchev–Trinajstić information content (AvgIpc) is 3.35. The lowest BCUT2D eigenvalue weighted by Gasteiger charge is -2.33. The molecule has 0 fully saturated rings. The van der Waals surface area contributed by atoms with Gasteiger partial charge in [-0.05, 0) is 43.7 Å². The van der Waals surface area contributed by atoms with E-state index in [0.717, 1.165) is 4.31 Å². The van der Waals surface area contributed by atoms with Crippen molar-refractivity contribution in [2.45, 2.75) is 32.2 Å². The van der Waals surface area contributed by atoms with Gasteiger partial charge in [-0.3, -0.25) is 0 Å². The number of aromatic nitrogens is 1. The van der Waals surface area contributed by atoms with Crippen molar-refractivity contribution in [1.82, 2.24) is 9.29 Å². The number of aliphatic imine (C=N–C) groups is 1. The summed E-state index contributed by atoms with van der Waals surface area (Å²) in [6.45, 7) is 3.50. The fourth-order valence-electron chi connectivity index (χ4n) is 3.64. The third-order valence-electron chi connectivity index (χ3n) is 5.33. The van der Waals surface area contributed by atoms with Crippen molar-refractivity contribution in [1.29, 1.82) is 0 Å².